The quantitative estimate of drug-likeness (QED) is 0.327. The van der Waals surface area contributed by atoms with Crippen LogP contribution in [-0.4, -0.2) is 28.6 Å². The molecule has 1 unspecified atom stereocenters. The number of rotatable bonds is 8. The smallest absolute Gasteiger partial charge is 0.339 e. The molecule has 2 aromatic carbocycles. The van der Waals surface area contributed by atoms with E-state index in [1.165, 1.54) is 18.2 Å². The van der Waals surface area contributed by atoms with Crippen molar-refractivity contribution in [3.8, 4) is 5.75 Å². The lowest BCUT2D eigenvalue weighted by atomic mass is 10.1. The Morgan fingerprint density at radius 1 is 1.19 bits per heavy atom. The second kappa shape index (κ2) is 9.53. The summed E-state index contributed by atoms with van der Waals surface area (Å²) in [6.45, 7) is 3.57. The van der Waals surface area contributed by atoms with Gasteiger partial charge in [0.2, 0.25) is 6.10 Å². The monoisotopic (exact) mass is 425 g/mol. The molecular weight excluding hydrogens is 406 g/mol. The molecule has 0 spiro atoms. The highest BCUT2D eigenvalue weighted by Crippen LogP contribution is 2.29. The Labute approximate surface area is 176 Å². The molecule has 0 radical (unpaired) electrons. The van der Waals surface area contributed by atoms with Gasteiger partial charge < -0.3 is 19.3 Å². The van der Waals surface area contributed by atoms with Gasteiger partial charge in [-0.05, 0) is 26.0 Å². The van der Waals surface area contributed by atoms with Crippen LogP contribution < -0.4 is 10.1 Å². The number of esters is 1. The summed E-state index contributed by atoms with van der Waals surface area (Å²) in [5, 5.41) is 17.5. The Morgan fingerprint density at radius 2 is 1.94 bits per heavy atom. The molecule has 160 valence electrons. The predicted octanol–water partition coefficient (Wildman–Crippen LogP) is 3.83. The van der Waals surface area contributed by atoms with Crippen molar-refractivity contribution in [1.29, 1.82) is 0 Å². The van der Waals surface area contributed by atoms with E-state index in [1.54, 1.807) is 44.2 Å². The van der Waals surface area contributed by atoms with Crippen molar-refractivity contribution in [2.75, 3.05) is 11.9 Å². The van der Waals surface area contributed by atoms with Gasteiger partial charge in [-0.25, -0.2) is 4.79 Å². The van der Waals surface area contributed by atoms with E-state index in [-0.39, 0.29) is 29.4 Å². The molecule has 0 aliphatic carbocycles. The molecule has 31 heavy (non-hydrogen) atoms. The van der Waals surface area contributed by atoms with Crippen LogP contribution in [0.25, 0.3) is 0 Å². The van der Waals surface area contributed by atoms with E-state index in [2.05, 4.69) is 10.5 Å². The predicted molar refractivity (Wildman–Crippen MR) is 109 cm³/mol. The van der Waals surface area contributed by atoms with Gasteiger partial charge in [-0.15, -0.1) is 0 Å². The summed E-state index contributed by atoms with van der Waals surface area (Å²) in [7, 11) is 0. The van der Waals surface area contributed by atoms with Crippen LogP contribution in [0.5, 0.6) is 5.75 Å². The number of aromatic nitrogens is 1. The Hall–Kier alpha value is -4.21. The second-order valence-corrected chi connectivity index (χ2v) is 6.38. The van der Waals surface area contributed by atoms with E-state index in [0.29, 0.717) is 11.3 Å². The number of nitrogens with zero attached hydrogens (tertiary/aromatic N) is 2. The number of benzene rings is 2. The summed E-state index contributed by atoms with van der Waals surface area (Å²) in [6, 6.07) is 13.6. The number of carbonyl (C=O) groups is 2. The Kier molecular flexibility index (Phi) is 6.61. The average Bonchev–Trinajstić information content (AvgIpc) is 3.17. The zero-order valence-electron chi connectivity index (χ0n) is 16.7. The van der Waals surface area contributed by atoms with Gasteiger partial charge in [0.15, 0.2) is 11.6 Å². The van der Waals surface area contributed by atoms with Gasteiger partial charge >= 0.3 is 11.7 Å². The molecule has 3 aromatic rings. The number of carbonyl (C=O) groups excluding carboxylic acids is 2. The molecule has 0 saturated heterocycles. The number of hydrogen-bond donors (Lipinski definition) is 1. The molecule has 1 aromatic heterocycles. The van der Waals surface area contributed by atoms with Crippen LogP contribution in [0.4, 0.5) is 11.5 Å². The number of nitro groups is 1. The first-order valence-electron chi connectivity index (χ1n) is 9.30. The number of anilines is 1. The van der Waals surface area contributed by atoms with Crippen LogP contribution in [0.1, 0.15) is 34.7 Å². The summed E-state index contributed by atoms with van der Waals surface area (Å²) in [5.74, 6) is -0.885. The number of aryl methyl sites for hydroxylation is 1. The number of amides is 1. The topological polar surface area (TPSA) is 134 Å². The molecule has 0 aliphatic heterocycles. The summed E-state index contributed by atoms with van der Waals surface area (Å²) < 4.78 is 15.6. The van der Waals surface area contributed by atoms with E-state index in [0.717, 1.165) is 6.07 Å². The van der Waals surface area contributed by atoms with Gasteiger partial charge in [-0.2, -0.15) is 0 Å². The Morgan fingerprint density at radius 3 is 2.55 bits per heavy atom. The van der Waals surface area contributed by atoms with Gasteiger partial charge in [0, 0.05) is 17.7 Å². The van der Waals surface area contributed by atoms with Crippen molar-refractivity contribution >= 4 is 23.4 Å². The lowest BCUT2D eigenvalue weighted by Gasteiger charge is -2.17. The van der Waals surface area contributed by atoms with Crippen LogP contribution in [0.2, 0.25) is 0 Å². The Balaban J connectivity index is 1.87. The van der Waals surface area contributed by atoms with Crippen LogP contribution in [-0.2, 0) is 9.53 Å². The first kappa shape index (κ1) is 21.5. The first-order valence-corrected chi connectivity index (χ1v) is 9.30. The summed E-state index contributed by atoms with van der Waals surface area (Å²) in [6.07, 6.45) is -1.32. The van der Waals surface area contributed by atoms with Crippen molar-refractivity contribution in [3.63, 3.8) is 0 Å². The maximum absolute atomic E-state index is 12.8. The molecule has 1 atom stereocenters. The van der Waals surface area contributed by atoms with Crippen LogP contribution in [0.3, 0.4) is 0 Å². The molecule has 3 rings (SSSR count). The highest BCUT2D eigenvalue weighted by molar-refractivity contribution is 5.98. The zero-order valence-corrected chi connectivity index (χ0v) is 16.7. The molecular formula is C21H19N3O7. The third kappa shape index (κ3) is 5.24. The van der Waals surface area contributed by atoms with E-state index in [4.69, 9.17) is 14.0 Å². The van der Waals surface area contributed by atoms with E-state index in [1.807, 2.05) is 0 Å². The van der Waals surface area contributed by atoms with Gasteiger partial charge in [0.05, 0.1) is 17.1 Å². The highest BCUT2D eigenvalue weighted by Gasteiger charge is 2.28. The Bertz CT molecular complexity index is 1100. The van der Waals surface area contributed by atoms with E-state index >= 15 is 0 Å². The highest BCUT2D eigenvalue weighted by atomic mass is 16.6. The first-order chi connectivity index (χ1) is 14.9. The number of hydrogen-bond acceptors (Lipinski definition) is 8. The fourth-order valence-electron chi connectivity index (χ4n) is 2.76. The van der Waals surface area contributed by atoms with Gasteiger partial charge in [-0.3, -0.25) is 14.9 Å². The molecule has 0 fully saturated rings. The van der Waals surface area contributed by atoms with Crippen molar-refractivity contribution < 1.29 is 28.5 Å². The standard InChI is InChI=1S/C21H19N3O7/c1-3-29-17-10-9-15(12-16(17)24(27)28)21(26)30-19(14-7-5-4-6-8-14)20(25)22-18-11-13(2)31-23-18/h4-12,19H,3H2,1-2H3,(H,22,23,25). The number of nitrogens with one attached hydrogen (secondary N) is 1. The fraction of sp³-hybridized carbons (Fsp3) is 0.190. The molecule has 0 saturated carbocycles. The lowest BCUT2D eigenvalue weighted by Crippen LogP contribution is -2.26. The SMILES string of the molecule is CCOc1ccc(C(=O)OC(C(=O)Nc2cc(C)on2)c2ccccc2)cc1[N+](=O)[O-]. The minimum absolute atomic E-state index is 0.0304. The normalized spacial score (nSPS) is 11.4. The largest absolute Gasteiger partial charge is 0.487 e. The molecule has 10 nitrogen and oxygen atoms in total. The molecule has 0 bridgehead atoms. The fourth-order valence-corrected chi connectivity index (χ4v) is 2.76. The molecule has 0 aliphatic rings. The molecule has 1 amide bonds. The van der Waals surface area contributed by atoms with Gasteiger partial charge in [0.1, 0.15) is 5.76 Å². The summed E-state index contributed by atoms with van der Waals surface area (Å²) in [5.41, 5.74) is -0.0646. The maximum Gasteiger partial charge on any atom is 0.339 e. The zero-order chi connectivity index (χ0) is 22.4. The molecule has 10 heteroatoms. The second-order valence-electron chi connectivity index (χ2n) is 6.38. The third-order valence-electron chi connectivity index (χ3n) is 4.14. The van der Waals surface area contributed by atoms with Crippen molar-refractivity contribution in [2.45, 2.75) is 20.0 Å². The van der Waals surface area contributed by atoms with E-state index < -0.39 is 22.9 Å². The number of nitro benzene ring substituents is 1. The summed E-state index contributed by atoms with van der Waals surface area (Å²) >= 11 is 0. The maximum atomic E-state index is 12.8. The average molecular weight is 425 g/mol. The molecule has 1 heterocycles. The lowest BCUT2D eigenvalue weighted by molar-refractivity contribution is -0.385. The van der Waals surface area contributed by atoms with Crippen molar-refractivity contribution in [1.82, 2.24) is 5.16 Å². The molecule has 1 N–H and O–H groups in total. The van der Waals surface area contributed by atoms with E-state index in [9.17, 15) is 19.7 Å². The van der Waals surface area contributed by atoms with Crippen LogP contribution in [0, 0.1) is 17.0 Å². The summed E-state index contributed by atoms with van der Waals surface area (Å²) in [4.78, 5) is 36.2. The third-order valence-corrected chi connectivity index (χ3v) is 4.14. The van der Waals surface area contributed by atoms with Crippen molar-refractivity contribution in [3.05, 3.63) is 81.6 Å². The van der Waals surface area contributed by atoms with Crippen LogP contribution >= 0.6 is 0 Å². The van der Waals surface area contributed by atoms with Crippen molar-refractivity contribution in [2.24, 2.45) is 0 Å². The van der Waals surface area contributed by atoms with Crippen LogP contribution in [0.15, 0.2) is 59.1 Å². The minimum Gasteiger partial charge on any atom is -0.487 e. The number of ether oxygens (including phenoxy) is 2. The van der Waals surface area contributed by atoms with Gasteiger partial charge in [-0.1, -0.05) is 35.5 Å². The minimum atomic E-state index is -1.32. The van der Waals surface area contributed by atoms with Gasteiger partial charge in [0.25, 0.3) is 5.91 Å².